The smallest absolute Gasteiger partial charge is 0.255 e. The lowest BCUT2D eigenvalue weighted by atomic mass is 9.71. The first-order valence-electron chi connectivity index (χ1n) is 13.7. The largest absolute Gasteiger partial charge is 0.374 e. The van der Waals surface area contributed by atoms with Crippen LogP contribution in [0.3, 0.4) is 0 Å². The number of nitrogens with one attached hydrogen (secondary N) is 3. The highest BCUT2D eigenvalue weighted by Gasteiger charge is 2.61. The van der Waals surface area contributed by atoms with Gasteiger partial charge in [-0.2, -0.15) is 5.26 Å². The second-order valence-corrected chi connectivity index (χ2v) is 11.8. The highest BCUT2D eigenvalue weighted by Crippen LogP contribution is 2.49. The summed E-state index contributed by atoms with van der Waals surface area (Å²) in [6.45, 7) is 4.48. The third kappa shape index (κ3) is 6.63. The molecule has 212 valence electrons. The number of amides is 3. The molecule has 4 aliphatic rings. The molecule has 1 saturated carbocycles. The normalized spacial score (nSPS) is 27.3. The summed E-state index contributed by atoms with van der Waals surface area (Å²) >= 11 is 6.13. The van der Waals surface area contributed by atoms with Crippen LogP contribution in [0.4, 0.5) is 14.5 Å². The molecule has 3 aliphatic heterocycles. The molecule has 4 fully saturated rings. The minimum atomic E-state index is -3.11. The van der Waals surface area contributed by atoms with Gasteiger partial charge in [0.2, 0.25) is 17.7 Å². The van der Waals surface area contributed by atoms with Crippen molar-refractivity contribution in [2.24, 2.45) is 17.8 Å². The zero-order valence-corrected chi connectivity index (χ0v) is 23.0. The highest BCUT2D eigenvalue weighted by molar-refractivity contribution is 6.30. The van der Waals surface area contributed by atoms with Gasteiger partial charge in [0, 0.05) is 35.6 Å². The predicted octanol–water partition coefficient (Wildman–Crippen LogP) is 4.11. The van der Waals surface area contributed by atoms with E-state index in [0.717, 1.165) is 6.42 Å². The fraction of sp³-hybridized carbons (Fsp3) is 0.643. The Morgan fingerprint density at radius 2 is 2.05 bits per heavy atom. The number of hydrogen-bond donors (Lipinski definition) is 3. The lowest BCUT2D eigenvalue weighted by molar-refractivity contribution is -0.194. The SMILES string of the molecule is CC(C)C[C@@H](Nc1cccc(Cl)c1)C(=O)N1[C@@H]2CC[C@H]([C@@H]1C(=O)N[C@@H](C#N)C[C@H]1CCCNC1=O)C(F)(F)C2. The molecule has 11 heteroatoms. The quantitative estimate of drug-likeness (QED) is 0.418. The summed E-state index contributed by atoms with van der Waals surface area (Å²) in [6, 6.07) is 4.91. The molecule has 2 bridgehead atoms. The van der Waals surface area contributed by atoms with E-state index < -0.39 is 60.2 Å². The lowest BCUT2D eigenvalue weighted by Gasteiger charge is -2.54. The maximum atomic E-state index is 15.1. The van der Waals surface area contributed by atoms with E-state index in [4.69, 9.17) is 11.6 Å². The van der Waals surface area contributed by atoms with Crippen molar-refractivity contribution in [1.82, 2.24) is 15.5 Å². The van der Waals surface area contributed by atoms with Crippen LogP contribution in [0.1, 0.15) is 58.8 Å². The summed E-state index contributed by atoms with van der Waals surface area (Å²) in [6.07, 6.45) is 1.85. The Morgan fingerprint density at radius 1 is 1.28 bits per heavy atom. The fourth-order valence-electron chi connectivity index (χ4n) is 6.22. The Kier molecular flexibility index (Phi) is 9.00. The van der Waals surface area contributed by atoms with Gasteiger partial charge < -0.3 is 20.9 Å². The first-order valence-corrected chi connectivity index (χ1v) is 14.1. The Bertz CT molecular complexity index is 1130. The zero-order chi connectivity index (χ0) is 28.3. The summed E-state index contributed by atoms with van der Waals surface area (Å²) in [5, 5.41) is 18.8. The molecule has 0 unspecified atom stereocenters. The number of benzene rings is 1. The van der Waals surface area contributed by atoms with Gasteiger partial charge in [0.05, 0.1) is 12.0 Å². The highest BCUT2D eigenvalue weighted by atomic mass is 35.5. The first kappa shape index (κ1) is 29.1. The molecule has 0 aromatic heterocycles. The second kappa shape index (κ2) is 12.1. The zero-order valence-electron chi connectivity index (χ0n) is 22.3. The van der Waals surface area contributed by atoms with E-state index in [-0.39, 0.29) is 24.7 Å². The lowest BCUT2D eigenvalue weighted by Crippen LogP contribution is -2.70. The molecule has 3 heterocycles. The average Bonchev–Trinajstić information content (AvgIpc) is 2.87. The third-order valence-electron chi connectivity index (χ3n) is 8.02. The summed E-state index contributed by atoms with van der Waals surface area (Å²) in [7, 11) is 0. The molecular formula is C28H36ClF2N5O3. The Hall–Kier alpha value is -2.93. The molecule has 39 heavy (non-hydrogen) atoms. The van der Waals surface area contributed by atoms with Gasteiger partial charge in [-0.3, -0.25) is 14.4 Å². The number of rotatable bonds is 9. The molecule has 3 saturated heterocycles. The minimum Gasteiger partial charge on any atom is -0.374 e. The number of halogens is 3. The Morgan fingerprint density at radius 3 is 2.69 bits per heavy atom. The van der Waals surface area contributed by atoms with E-state index in [0.29, 0.717) is 36.5 Å². The predicted molar refractivity (Wildman–Crippen MR) is 143 cm³/mol. The number of nitriles is 1. The van der Waals surface area contributed by atoms with Gasteiger partial charge in [0.1, 0.15) is 18.1 Å². The number of carbonyl (C=O) groups excluding carboxylic acids is 3. The van der Waals surface area contributed by atoms with Crippen LogP contribution in [-0.2, 0) is 14.4 Å². The third-order valence-corrected chi connectivity index (χ3v) is 8.26. The van der Waals surface area contributed by atoms with Crippen molar-refractivity contribution in [3.8, 4) is 6.07 Å². The molecule has 0 spiro atoms. The van der Waals surface area contributed by atoms with Crippen molar-refractivity contribution in [1.29, 1.82) is 5.26 Å². The number of anilines is 1. The van der Waals surface area contributed by atoms with Crippen LogP contribution >= 0.6 is 11.6 Å². The summed E-state index contributed by atoms with van der Waals surface area (Å²) in [5.74, 6) is -6.18. The molecule has 1 aromatic carbocycles. The van der Waals surface area contributed by atoms with E-state index in [1.165, 1.54) is 4.90 Å². The van der Waals surface area contributed by atoms with Gasteiger partial charge in [-0.05, 0) is 62.6 Å². The molecular weight excluding hydrogens is 528 g/mol. The Balaban J connectivity index is 1.58. The average molecular weight is 564 g/mol. The van der Waals surface area contributed by atoms with Crippen LogP contribution in [0, 0.1) is 29.1 Å². The van der Waals surface area contributed by atoms with Crippen molar-refractivity contribution < 1.29 is 23.2 Å². The van der Waals surface area contributed by atoms with Gasteiger partial charge in [0.25, 0.3) is 5.92 Å². The summed E-state index contributed by atoms with van der Waals surface area (Å²) < 4.78 is 30.3. The first-order chi connectivity index (χ1) is 18.5. The van der Waals surface area contributed by atoms with Crippen molar-refractivity contribution in [3.63, 3.8) is 0 Å². The maximum absolute atomic E-state index is 15.1. The molecule has 1 aliphatic carbocycles. The number of piperidine rings is 3. The van der Waals surface area contributed by atoms with Crippen LogP contribution in [0.2, 0.25) is 5.02 Å². The van der Waals surface area contributed by atoms with Crippen LogP contribution in [0.15, 0.2) is 24.3 Å². The summed E-state index contributed by atoms with van der Waals surface area (Å²) in [5.41, 5.74) is 0.616. The van der Waals surface area contributed by atoms with Crippen LogP contribution < -0.4 is 16.0 Å². The fourth-order valence-corrected chi connectivity index (χ4v) is 6.41. The maximum Gasteiger partial charge on any atom is 0.255 e. The van der Waals surface area contributed by atoms with E-state index in [1.807, 2.05) is 19.9 Å². The molecule has 3 N–H and O–H groups in total. The summed E-state index contributed by atoms with van der Waals surface area (Å²) in [4.78, 5) is 41.2. The van der Waals surface area contributed by atoms with Crippen LogP contribution in [0.5, 0.6) is 0 Å². The van der Waals surface area contributed by atoms with Gasteiger partial charge in [-0.15, -0.1) is 0 Å². The molecule has 5 rings (SSSR count). The second-order valence-electron chi connectivity index (χ2n) is 11.4. The van der Waals surface area contributed by atoms with Gasteiger partial charge in [0.15, 0.2) is 0 Å². The van der Waals surface area contributed by atoms with E-state index in [2.05, 4.69) is 16.0 Å². The minimum absolute atomic E-state index is 0.0888. The van der Waals surface area contributed by atoms with Crippen molar-refractivity contribution in [3.05, 3.63) is 29.3 Å². The molecule has 3 amide bonds. The molecule has 8 nitrogen and oxygen atoms in total. The number of hydrogen-bond acceptors (Lipinski definition) is 5. The van der Waals surface area contributed by atoms with Crippen LogP contribution in [0.25, 0.3) is 0 Å². The molecule has 1 aromatic rings. The van der Waals surface area contributed by atoms with Crippen molar-refractivity contribution in [2.75, 3.05) is 11.9 Å². The topological polar surface area (TPSA) is 114 Å². The van der Waals surface area contributed by atoms with Gasteiger partial charge in [-0.1, -0.05) is 31.5 Å². The van der Waals surface area contributed by atoms with E-state index >= 15 is 8.78 Å². The molecule has 6 atom stereocenters. The van der Waals surface area contributed by atoms with Crippen LogP contribution in [-0.4, -0.2) is 59.3 Å². The standard InChI is InChI=1S/C28H36ClF2N5O3/c1-16(2)11-23(34-19-7-3-6-18(29)13-19)27(39)36-21-8-9-22(28(30,31)14-21)24(36)26(38)35-20(15-32)12-17-5-4-10-33-25(17)37/h3,6-7,13,16-17,20-24,34H,4-5,8-12,14H2,1-2H3,(H,33,37)(H,35,38)/t17-,20-,21-,22-,23-,24-/m1/s1. The molecule has 0 radical (unpaired) electrons. The van der Waals surface area contributed by atoms with Crippen molar-refractivity contribution >= 4 is 35.0 Å². The monoisotopic (exact) mass is 563 g/mol. The number of fused-ring (bicyclic) bond motifs is 3. The Labute approximate surface area is 232 Å². The number of alkyl halides is 2. The van der Waals surface area contributed by atoms with Crippen molar-refractivity contribution in [2.45, 2.75) is 88.9 Å². The van der Waals surface area contributed by atoms with Gasteiger partial charge >= 0.3 is 0 Å². The van der Waals surface area contributed by atoms with E-state index in [1.54, 1.807) is 24.3 Å². The van der Waals surface area contributed by atoms with Gasteiger partial charge in [-0.25, -0.2) is 8.78 Å². The van der Waals surface area contributed by atoms with E-state index in [9.17, 15) is 19.6 Å². The number of nitrogens with zero attached hydrogens (tertiary/aromatic N) is 2. The number of carbonyl (C=O) groups is 3.